The number of hydrogen-bond acceptors (Lipinski definition) is 5. The van der Waals surface area contributed by atoms with Crippen LogP contribution in [0.15, 0.2) is 40.1 Å². The maximum atomic E-state index is 12.5. The first-order valence-corrected chi connectivity index (χ1v) is 9.37. The number of hydrogen-bond donors (Lipinski definition) is 1. The van der Waals surface area contributed by atoms with Crippen LogP contribution in [0.2, 0.25) is 10.0 Å². The molecular weight excluding hydrogens is 395 g/mol. The highest BCUT2D eigenvalue weighted by Crippen LogP contribution is 2.29. The number of nitrogens with one attached hydrogen (secondary N) is 1. The summed E-state index contributed by atoms with van der Waals surface area (Å²) in [5.41, 5.74) is 1.39. The second-order valence-electron chi connectivity index (χ2n) is 5.63. The van der Waals surface area contributed by atoms with E-state index in [9.17, 15) is 4.79 Å². The van der Waals surface area contributed by atoms with Crippen LogP contribution in [0.5, 0.6) is 0 Å². The molecule has 2 heterocycles. The number of halogens is 2. The minimum Gasteiger partial charge on any atom is -0.469 e. The van der Waals surface area contributed by atoms with Crippen LogP contribution in [0.3, 0.4) is 0 Å². The van der Waals surface area contributed by atoms with Gasteiger partial charge in [0.1, 0.15) is 5.76 Å². The van der Waals surface area contributed by atoms with E-state index >= 15 is 0 Å². The van der Waals surface area contributed by atoms with Crippen LogP contribution >= 0.6 is 35.0 Å². The lowest BCUT2D eigenvalue weighted by molar-refractivity contribution is -0.115. The van der Waals surface area contributed by atoms with Crippen molar-refractivity contribution in [3.05, 3.63) is 46.3 Å². The van der Waals surface area contributed by atoms with E-state index in [1.165, 1.54) is 11.8 Å². The highest BCUT2D eigenvalue weighted by molar-refractivity contribution is 8.00. The quantitative estimate of drug-likeness (QED) is 0.610. The molecule has 0 spiro atoms. The Morgan fingerprint density at radius 3 is 2.73 bits per heavy atom. The summed E-state index contributed by atoms with van der Waals surface area (Å²) in [5, 5.41) is 12.3. The first-order valence-electron chi connectivity index (χ1n) is 7.73. The van der Waals surface area contributed by atoms with E-state index < -0.39 is 5.25 Å². The van der Waals surface area contributed by atoms with Gasteiger partial charge in [0.15, 0.2) is 11.0 Å². The van der Waals surface area contributed by atoms with Gasteiger partial charge in [-0.25, -0.2) is 0 Å². The molecule has 0 saturated heterocycles. The topological polar surface area (TPSA) is 72.9 Å². The number of furan rings is 1. The Bertz CT molecular complexity index is 954. The normalized spacial score (nSPS) is 12.2. The number of rotatable bonds is 5. The zero-order valence-electron chi connectivity index (χ0n) is 14.3. The number of benzene rings is 1. The average molecular weight is 411 g/mol. The minimum absolute atomic E-state index is 0.191. The van der Waals surface area contributed by atoms with Gasteiger partial charge in [0.25, 0.3) is 0 Å². The first kappa shape index (κ1) is 18.8. The van der Waals surface area contributed by atoms with Gasteiger partial charge in [-0.1, -0.05) is 35.0 Å². The molecule has 1 amide bonds. The van der Waals surface area contributed by atoms with Gasteiger partial charge >= 0.3 is 0 Å². The Balaban J connectivity index is 1.72. The summed E-state index contributed by atoms with van der Waals surface area (Å²) in [4.78, 5) is 12.5. The SMILES string of the molecule is Cc1occc1-c1nnc(SC(C)C(=O)Nc2ccc(Cl)cc2Cl)n1C. The van der Waals surface area contributed by atoms with Gasteiger partial charge in [-0.15, -0.1) is 10.2 Å². The van der Waals surface area contributed by atoms with Crippen LogP contribution in [-0.4, -0.2) is 25.9 Å². The van der Waals surface area contributed by atoms with Gasteiger partial charge in [-0.3, -0.25) is 4.79 Å². The van der Waals surface area contributed by atoms with E-state index in [1.807, 2.05) is 24.6 Å². The third-order valence-electron chi connectivity index (χ3n) is 3.78. The second kappa shape index (κ2) is 7.73. The van der Waals surface area contributed by atoms with Gasteiger partial charge in [-0.2, -0.15) is 0 Å². The molecule has 6 nitrogen and oxygen atoms in total. The van der Waals surface area contributed by atoms with Crippen molar-refractivity contribution in [2.45, 2.75) is 24.3 Å². The summed E-state index contributed by atoms with van der Waals surface area (Å²) < 4.78 is 7.15. The predicted molar refractivity (Wildman–Crippen MR) is 104 cm³/mol. The summed E-state index contributed by atoms with van der Waals surface area (Å²) in [6.07, 6.45) is 1.61. The van der Waals surface area contributed by atoms with E-state index in [1.54, 1.807) is 31.4 Å². The van der Waals surface area contributed by atoms with Gasteiger partial charge in [0.2, 0.25) is 5.91 Å². The number of anilines is 1. The van der Waals surface area contributed by atoms with Crippen molar-refractivity contribution in [2.75, 3.05) is 5.32 Å². The van der Waals surface area contributed by atoms with Crippen molar-refractivity contribution in [1.29, 1.82) is 0 Å². The molecule has 0 aliphatic heterocycles. The fourth-order valence-corrected chi connectivity index (χ4v) is 3.58. The van der Waals surface area contributed by atoms with Crippen molar-refractivity contribution >= 4 is 46.6 Å². The third kappa shape index (κ3) is 3.90. The highest BCUT2D eigenvalue weighted by Gasteiger charge is 2.21. The van der Waals surface area contributed by atoms with Gasteiger partial charge < -0.3 is 14.3 Å². The summed E-state index contributed by atoms with van der Waals surface area (Å²) in [6.45, 7) is 3.66. The molecule has 0 saturated carbocycles. The lowest BCUT2D eigenvalue weighted by Crippen LogP contribution is -2.23. The zero-order valence-corrected chi connectivity index (χ0v) is 16.6. The monoisotopic (exact) mass is 410 g/mol. The summed E-state index contributed by atoms with van der Waals surface area (Å²) >= 11 is 13.3. The zero-order chi connectivity index (χ0) is 18.8. The largest absolute Gasteiger partial charge is 0.469 e. The van der Waals surface area contributed by atoms with Crippen LogP contribution in [0, 0.1) is 6.92 Å². The molecule has 0 bridgehead atoms. The van der Waals surface area contributed by atoms with Crippen LogP contribution in [-0.2, 0) is 11.8 Å². The van der Waals surface area contributed by atoms with Crippen LogP contribution in [0.4, 0.5) is 5.69 Å². The Kier molecular flexibility index (Phi) is 5.60. The third-order valence-corrected chi connectivity index (χ3v) is 5.46. The Morgan fingerprint density at radius 1 is 1.31 bits per heavy atom. The van der Waals surface area contributed by atoms with E-state index in [4.69, 9.17) is 27.6 Å². The molecule has 3 rings (SSSR count). The average Bonchev–Trinajstić information content (AvgIpc) is 3.16. The molecule has 0 radical (unpaired) electrons. The minimum atomic E-state index is -0.400. The van der Waals surface area contributed by atoms with Crippen LogP contribution in [0.1, 0.15) is 12.7 Å². The molecule has 0 aliphatic carbocycles. The predicted octanol–water partition coefficient (Wildman–Crippen LogP) is 4.81. The summed E-state index contributed by atoms with van der Waals surface area (Å²) in [6, 6.07) is 6.76. The van der Waals surface area contributed by atoms with E-state index in [0.717, 1.165) is 11.3 Å². The van der Waals surface area contributed by atoms with Crippen molar-refractivity contribution < 1.29 is 9.21 Å². The number of thioether (sulfide) groups is 1. The molecule has 9 heteroatoms. The molecule has 26 heavy (non-hydrogen) atoms. The Hall–Kier alpha value is -1.96. The molecular formula is C17H16Cl2N4O2S. The fourth-order valence-electron chi connectivity index (χ4n) is 2.31. The highest BCUT2D eigenvalue weighted by atomic mass is 35.5. The molecule has 3 aromatic rings. The lowest BCUT2D eigenvalue weighted by Gasteiger charge is -2.12. The number of nitrogens with zero attached hydrogens (tertiary/aromatic N) is 3. The van der Waals surface area contributed by atoms with Gasteiger partial charge in [0, 0.05) is 12.1 Å². The second-order valence-corrected chi connectivity index (χ2v) is 7.78. The van der Waals surface area contributed by atoms with E-state index in [2.05, 4.69) is 15.5 Å². The number of aryl methyl sites for hydroxylation is 1. The molecule has 0 fully saturated rings. The Labute approximate surface area is 164 Å². The lowest BCUT2D eigenvalue weighted by atomic mass is 10.2. The molecule has 0 aliphatic rings. The fraction of sp³-hybridized carbons (Fsp3) is 0.235. The van der Waals surface area contributed by atoms with Crippen molar-refractivity contribution in [2.24, 2.45) is 7.05 Å². The number of amides is 1. The molecule has 1 aromatic carbocycles. The number of carbonyl (C=O) groups excluding carboxylic acids is 1. The molecule has 2 aromatic heterocycles. The molecule has 136 valence electrons. The maximum Gasteiger partial charge on any atom is 0.237 e. The summed E-state index contributed by atoms with van der Waals surface area (Å²) in [7, 11) is 1.85. The standard InChI is InChI=1S/C17H16Cl2N4O2S/c1-9-12(6-7-25-9)15-21-22-17(23(15)3)26-10(2)16(24)20-14-5-4-11(18)8-13(14)19/h4-8,10H,1-3H3,(H,20,24). The summed E-state index contributed by atoms with van der Waals surface area (Å²) in [5.74, 6) is 1.26. The van der Waals surface area contributed by atoms with Gasteiger partial charge in [-0.05, 0) is 38.1 Å². The Morgan fingerprint density at radius 2 is 2.08 bits per heavy atom. The van der Waals surface area contributed by atoms with Crippen molar-refractivity contribution in [3.63, 3.8) is 0 Å². The van der Waals surface area contributed by atoms with Crippen LogP contribution in [0.25, 0.3) is 11.4 Å². The first-order chi connectivity index (χ1) is 12.4. The van der Waals surface area contributed by atoms with Crippen LogP contribution < -0.4 is 5.32 Å². The van der Waals surface area contributed by atoms with E-state index in [0.29, 0.717) is 26.7 Å². The molecule has 1 atom stereocenters. The van der Waals surface area contributed by atoms with Gasteiger partial charge in [0.05, 0.1) is 27.8 Å². The van der Waals surface area contributed by atoms with Crippen molar-refractivity contribution in [1.82, 2.24) is 14.8 Å². The molecule has 1 unspecified atom stereocenters. The smallest absolute Gasteiger partial charge is 0.237 e. The maximum absolute atomic E-state index is 12.5. The van der Waals surface area contributed by atoms with Crippen molar-refractivity contribution in [3.8, 4) is 11.4 Å². The van der Waals surface area contributed by atoms with E-state index in [-0.39, 0.29) is 5.91 Å². The number of aromatic nitrogens is 3. The molecule has 1 N–H and O–H groups in total. The number of carbonyl (C=O) groups is 1.